The second-order valence-corrected chi connectivity index (χ2v) is 2.78. The third-order valence-electron chi connectivity index (χ3n) is 0.328. The summed E-state index contributed by atoms with van der Waals surface area (Å²) in [6.45, 7) is -0.560. The minimum absolute atomic E-state index is 0. The Balaban J connectivity index is -0.000000142. The van der Waals surface area contributed by atoms with Gasteiger partial charge in [0.05, 0.1) is 5.75 Å². The molecule has 0 aliphatic carbocycles. The summed E-state index contributed by atoms with van der Waals surface area (Å²) < 4.78 is 56.3. The first-order chi connectivity index (χ1) is 4.79. The van der Waals surface area contributed by atoms with Crippen LogP contribution < -0.4 is 0 Å². The van der Waals surface area contributed by atoms with Crippen molar-refractivity contribution in [2.45, 2.75) is 6.68 Å². The molecule has 0 aromatic heterocycles. The first kappa shape index (κ1) is 18.7. The molecule has 3 nitrogen and oxygen atoms in total. The molecule has 0 amide bonds. The Morgan fingerprint density at radius 1 is 1.42 bits per heavy atom. The van der Waals surface area contributed by atoms with Crippen LogP contribution in [0.25, 0.3) is 0 Å². The molecule has 0 spiro atoms. The normalized spacial score (nSPS) is 9.42. The van der Waals surface area contributed by atoms with E-state index in [9.17, 15) is 21.6 Å². The Labute approximate surface area is 109 Å². The molecule has 0 saturated carbocycles. The van der Waals surface area contributed by atoms with Crippen molar-refractivity contribution in [3.63, 3.8) is 0 Å². The molecule has 0 unspecified atom stereocenters. The fourth-order valence-electron chi connectivity index (χ4n) is 0.149. The number of rotatable bonds is 2. The van der Waals surface area contributed by atoms with Crippen molar-refractivity contribution >= 4 is 59.0 Å². The van der Waals surface area contributed by atoms with E-state index in [1.807, 2.05) is 0 Å². The molecule has 0 aliphatic rings. The Hall–Kier alpha value is 1.01. The average Bonchev–Trinajstić information content (AvgIpc) is 1.58. The van der Waals surface area contributed by atoms with Crippen LogP contribution in [0, 0.1) is 0 Å². The van der Waals surface area contributed by atoms with Gasteiger partial charge in [0, 0.05) is 0 Å². The van der Waals surface area contributed by atoms with Crippen molar-refractivity contribution < 1.29 is 26.1 Å². The molecule has 0 bridgehead atoms. The van der Waals surface area contributed by atoms with Crippen molar-refractivity contribution in [2.75, 3.05) is 5.75 Å². The average molecular weight is 332 g/mol. The van der Waals surface area contributed by atoms with Gasteiger partial charge in [0.25, 0.3) is 10.1 Å². The van der Waals surface area contributed by atoms with Crippen LogP contribution in [0.5, 0.6) is 0 Å². The van der Waals surface area contributed by atoms with E-state index in [1.165, 1.54) is 0 Å². The van der Waals surface area contributed by atoms with E-state index < -0.39 is 16.8 Å². The summed E-state index contributed by atoms with van der Waals surface area (Å²) in [7, 11) is -3.79. The molecule has 0 atom stereocenters. The molecule has 12 heavy (non-hydrogen) atoms. The molecule has 0 heterocycles. The summed E-state index contributed by atoms with van der Waals surface area (Å²) in [6.07, 6.45) is 1.12. The SMILES string of the molecule is C=CCS(=O)(=O)O.FC(F)F.[BaH2]. The number of hydrogen-bond donors (Lipinski definition) is 1. The molecule has 0 saturated heterocycles. The number of halogens is 3. The molecule has 0 aliphatic heterocycles. The molecular weight excluding hydrogens is 322 g/mol. The van der Waals surface area contributed by atoms with Crippen LogP contribution >= 0.6 is 0 Å². The third kappa shape index (κ3) is 43.9. The predicted octanol–water partition coefficient (Wildman–Crippen LogP) is 0.323. The first-order valence-corrected chi connectivity index (χ1v) is 3.88. The first-order valence-electron chi connectivity index (χ1n) is 2.28. The van der Waals surface area contributed by atoms with Crippen LogP contribution in [0.2, 0.25) is 0 Å². The molecule has 0 aromatic rings. The van der Waals surface area contributed by atoms with Gasteiger partial charge in [-0.2, -0.15) is 21.6 Å². The van der Waals surface area contributed by atoms with Gasteiger partial charge in [-0.15, -0.1) is 6.58 Å². The standard InChI is InChI=1S/C3H6O3S.CHF3.Ba.2H/c1-2-3-7(4,5)6;2-1(3)4;;;/h2H,1,3H2,(H,4,5,6);1H;;;. The van der Waals surface area contributed by atoms with Crippen molar-refractivity contribution in [1.82, 2.24) is 0 Å². The summed E-state index contributed by atoms with van der Waals surface area (Å²) in [5, 5.41) is 0. The van der Waals surface area contributed by atoms with E-state index in [-0.39, 0.29) is 54.6 Å². The van der Waals surface area contributed by atoms with Crippen LogP contribution in [0.15, 0.2) is 12.7 Å². The van der Waals surface area contributed by atoms with Crippen molar-refractivity contribution in [2.24, 2.45) is 0 Å². The van der Waals surface area contributed by atoms with Gasteiger partial charge < -0.3 is 0 Å². The topological polar surface area (TPSA) is 54.4 Å². The van der Waals surface area contributed by atoms with E-state index in [4.69, 9.17) is 4.55 Å². The van der Waals surface area contributed by atoms with Crippen LogP contribution in [-0.2, 0) is 10.1 Å². The molecule has 1 N–H and O–H groups in total. The third-order valence-corrected chi connectivity index (χ3v) is 0.985. The maximum atomic E-state index is 9.72. The van der Waals surface area contributed by atoms with E-state index in [0.29, 0.717) is 0 Å². The maximum absolute atomic E-state index is 9.72. The predicted molar refractivity (Wildman–Crippen MR) is 42.3 cm³/mol. The molecule has 0 aromatic carbocycles. The van der Waals surface area contributed by atoms with E-state index >= 15 is 0 Å². The van der Waals surface area contributed by atoms with Crippen LogP contribution in [0.3, 0.4) is 0 Å². The Bertz CT molecular complexity index is 189. The van der Waals surface area contributed by atoms with Gasteiger partial charge in [0.1, 0.15) is 0 Å². The number of hydrogen-bond acceptors (Lipinski definition) is 2. The Kier molecular flexibility index (Phi) is 15.8. The molecule has 8 heteroatoms. The van der Waals surface area contributed by atoms with Gasteiger partial charge in [-0.3, -0.25) is 4.55 Å². The Morgan fingerprint density at radius 3 is 1.67 bits per heavy atom. The quantitative estimate of drug-likeness (QED) is 0.450. The monoisotopic (exact) mass is 332 g/mol. The molecule has 0 fully saturated rings. The van der Waals surface area contributed by atoms with Gasteiger partial charge in [-0.1, -0.05) is 6.08 Å². The molecule has 0 rings (SSSR count). The van der Waals surface area contributed by atoms with Crippen LogP contribution in [0.1, 0.15) is 0 Å². The van der Waals surface area contributed by atoms with E-state index in [2.05, 4.69) is 6.58 Å². The van der Waals surface area contributed by atoms with Crippen molar-refractivity contribution in [3.05, 3.63) is 12.7 Å². The van der Waals surface area contributed by atoms with Gasteiger partial charge in [0.2, 0.25) is 0 Å². The van der Waals surface area contributed by atoms with Crippen LogP contribution in [-0.4, -0.2) is 74.3 Å². The van der Waals surface area contributed by atoms with Crippen molar-refractivity contribution in [3.8, 4) is 0 Å². The van der Waals surface area contributed by atoms with Gasteiger partial charge >= 0.3 is 55.6 Å². The summed E-state index contributed by atoms with van der Waals surface area (Å²) in [5.74, 6) is -0.368. The second-order valence-electron chi connectivity index (χ2n) is 1.28. The number of alkyl halides is 3. The van der Waals surface area contributed by atoms with E-state index in [1.54, 1.807) is 0 Å². The van der Waals surface area contributed by atoms with E-state index in [0.717, 1.165) is 6.08 Å². The van der Waals surface area contributed by atoms with Gasteiger partial charge in [-0.05, 0) is 0 Å². The van der Waals surface area contributed by atoms with Crippen molar-refractivity contribution in [1.29, 1.82) is 0 Å². The summed E-state index contributed by atoms with van der Waals surface area (Å²) in [4.78, 5) is 0. The molecule has 0 radical (unpaired) electrons. The second kappa shape index (κ2) is 10.1. The fraction of sp³-hybridized carbons (Fsp3) is 0.500. The Morgan fingerprint density at radius 2 is 1.67 bits per heavy atom. The van der Waals surface area contributed by atoms with Gasteiger partial charge in [-0.25, -0.2) is 0 Å². The summed E-state index contributed by atoms with van der Waals surface area (Å²) in [5.41, 5.74) is 0. The zero-order valence-electron chi connectivity index (χ0n) is 5.37. The fourth-order valence-corrected chi connectivity index (χ4v) is 0.447. The summed E-state index contributed by atoms with van der Waals surface area (Å²) >= 11 is 0. The van der Waals surface area contributed by atoms with Crippen LogP contribution in [0.4, 0.5) is 13.2 Å². The molecule has 72 valence electrons. The molecular formula is C4H9BaF3O3S. The minimum atomic E-state index is -3.79. The zero-order valence-corrected chi connectivity index (χ0v) is 6.19. The zero-order chi connectivity index (χ0) is 9.49. The van der Waals surface area contributed by atoms with Gasteiger partial charge in [0.15, 0.2) is 0 Å². The summed E-state index contributed by atoms with van der Waals surface area (Å²) in [6, 6.07) is 0.